The summed E-state index contributed by atoms with van der Waals surface area (Å²) < 4.78 is 5.39. The molecule has 0 radical (unpaired) electrons. The summed E-state index contributed by atoms with van der Waals surface area (Å²) in [5, 5.41) is 16.0. The summed E-state index contributed by atoms with van der Waals surface area (Å²) in [6, 6.07) is 22.8. The van der Waals surface area contributed by atoms with E-state index in [0.717, 1.165) is 21.9 Å². The number of rotatable bonds is 2. The number of benzene rings is 4. The molecule has 0 fully saturated rings. The van der Waals surface area contributed by atoms with Crippen LogP contribution in [0.5, 0.6) is 5.75 Å². The molecule has 0 bridgehead atoms. The van der Waals surface area contributed by atoms with Gasteiger partial charge in [0.15, 0.2) is 6.79 Å². The van der Waals surface area contributed by atoms with Gasteiger partial charge >= 0.3 is 0 Å². The molecule has 0 heterocycles. The molecule has 0 saturated carbocycles. The van der Waals surface area contributed by atoms with E-state index in [4.69, 9.17) is 9.84 Å². The van der Waals surface area contributed by atoms with E-state index in [0.29, 0.717) is 0 Å². The molecule has 4 aromatic rings. The van der Waals surface area contributed by atoms with E-state index >= 15 is 0 Å². The van der Waals surface area contributed by atoms with E-state index in [1.54, 1.807) is 0 Å². The van der Waals surface area contributed by atoms with Gasteiger partial charge in [0.25, 0.3) is 0 Å². The van der Waals surface area contributed by atoms with Gasteiger partial charge in [-0.3, -0.25) is 0 Å². The van der Waals surface area contributed by atoms with E-state index in [9.17, 15) is 0 Å². The summed E-state index contributed by atoms with van der Waals surface area (Å²) in [6.45, 7) is -0.316. The maximum absolute atomic E-state index is 9.10. The van der Waals surface area contributed by atoms with Crippen LogP contribution in [-0.4, -0.2) is 11.9 Å². The number of fused-ring (bicyclic) bond motifs is 4. The minimum Gasteiger partial charge on any atom is -0.467 e. The van der Waals surface area contributed by atoms with Crippen molar-refractivity contribution < 1.29 is 9.84 Å². The monoisotopic (exact) mass is 274 g/mol. The van der Waals surface area contributed by atoms with Crippen molar-refractivity contribution >= 4 is 32.3 Å². The first-order valence-corrected chi connectivity index (χ1v) is 6.95. The summed E-state index contributed by atoms with van der Waals surface area (Å²) in [5.41, 5.74) is 0. The molecule has 0 spiro atoms. The fourth-order valence-electron chi connectivity index (χ4n) is 2.96. The lowest BCUT2D eigenvalue weighted by atomic mass is 9.98. The molecular weight excluding hydrogens is 260 g/mol. The van der Waals surface area contributed by atoms with Crippen molar-refractivity contribution in [2.45, 2.75) is 0 Å². The SMILES string of the molecule is OCOc1cccc2ccc3cc4ccccc4cc3c12. The van der Waals surface area contributed by atoms with Crippen LogP contribution in [0.15, 0.2) is 66.7 Å². The number of aliphatic hydroxyl groups excluding tert-OH is 1. The highest BCUT2D eigenvalue weighted by atomic mass is 16.6. The first-order valence-electron chi connectivity index (χ1n) is 6.95. The number of hydrogen-bond acceptors (Lipinski definition) is 2. The molecule has 0 unspecified atom stereocenters. The highest BCUT2D eigenvalue weighted by Crippen LogP contribution is 2.35. The Morgan fingerprint density at radius 1 is 0.714 bits per heavy atom. The van der Waals surface area contributed by atoms with Crippen LogP contribution in [0.4, 0.5) is 0 Å². The molecule has 21 heavy (non-hydrogen) atoms. The second kappa shape index (κ2) is 4.76. The van der Waals surface area contributed by atoms with Gasteiger partial charge in [0, 0.05) is 5.39 Å². The average molecular weight is 274 g/mol. The van der Waals surface area contributed by atoms with Crippen molar-refractivity contribution in [3.05, 3.63) is 66.7 Å². The summed E-state index contributed by atoms with van der Waals surface area (Å²) in [4.78, 5) is 0. The van der Waals surface area contributed by atoms with Crippen LogP contribution in [-0.2, 0) is 0 Å². The predicted octanol–water partition coefficient (Wildman–Crippen LogP) is 4.47. The van der Waals surface area contributed by atoms with E-state index in [1.165, 1.54) is 16.2 Å². The van der Waals surface area contributed by atoms with Crippen LogP contribution >= 0.6 is 0 Å². The fourth-order valence-corrected chi connectivity index (χ4v) is 2.96. The van der Waals surface area contributed by atoms with Gasteiger partial charge in [-0.05, 0) is 45.1 Å². The van der Waals surface area contributed by atoms with Gasteiger partial charge in [0.1, 0.15) is 5.75 Å². The van der Waals surface area contributed by atoms with Gasteiger partial charge in [-0.2, -0.15) is 0 Å². The zero-order valence-electron chi connectivity index (χ0n) is 11.4. The van der Waals surface area contributed by atoms with Crippen LogP contribution < -0.4 is 4.74 Å². The number of hydrogen-bond donors (Lipinski definition) is 1. The molecule has 4 aromatic carbocycles. The maximum Gasteiger partial charge on any atom is 0.186 e. The largest absolute Gasteiger partial charge is 0.467 e. The van der Waals surface area contributed by atoms with Crippen molar-refractivity contribution in [1.82, 2.24) is 0 Å². The molecule has 102 valence electrons. The quantitative estimate of drug-likeness (QED) is 0.332. The normalized spacial score (nSPS) is 11.3. The van der Waals surface area contributed by atoms with E-state index in [1.807, 2.05) is 18.2 Å². The number of aliphatic hydroxyl groups is 1. The third-order valence-electron chi connectivity index (χ3n) is 3.91. The first kappa shape index (κ1) is 12.2. The lowest BCUT2D eigenvalue weighted by molar-refractivity contribution is 0.100. The lowest BCUT2D eigenvalue weighted by Gasteiger charge is -2.11. The standard InChI is InChI=1S/C19H14O2/c20-12-21-18-7-3-6-13-8-9-16-10-14-4-1-2-5-15(14)11-17(16)19(13)18/h1-11,20H,12H2. The number of ether oxygens (including phenoxy) is 1. The average Bonchev–Trinajstić information content (AvgIpc) is 2.53. The highest BCUT2D eigenvalue weighted by molar-refractivity contribution is 6.14. The second-order valence-corrected chi connectivity index (χ2v) is 5.11. The van der Waals surface area contributed by atoms with Crippen molar-refractivity contribution in [2.24, 2.45) is 0 Å². The second-order valence-electron chi connectivity index (χ2n) is 5.11. The molecule has 0 aliphatic carbocycles. The van der Waals surface area contributed by atoms with Crippen molar-refractivity contribution in [1.29, 1.82) is 0 Å². The maximum atomic E-state index is 9.10. The highest BCUT2D eigenvalue weighted by Gasteiger charge is 2.07. The van der Waals surface area contributed by atoms with Gasteiger partial charge in [-0.1, -0.05) is 48.5 Å². The third kappa shape index (κ3) is 1.92. The summed E-state index contributed by atoms with van der Waals surface area (Å²) in [7, 11) is 0. The summed E-state index contributed by atoms with van der Waals surface area (Å²) in [5.74, 6) is 0.718. The Morgan fingerprint density at radius 3 is 2.24 bits per heavy atom. The smallest absolute Gasteiger partial charge is 0.186 e. The van der Waals surface area contributed by atoms with Crippen LogP contribution in [0.3, 0.4) is 0 Å². The Labute approximate surface area is 122 Å². The minimum absolute atomic E-state index is 0.316. The van der Waals surface area contributed by atoms with Crippen LogP contribution in [0.25, 0.3) is 32.3 Å². The third-order valence-corrected chi connectivity index (χ3v) is 3.91. The fraction of sp³-hybridized carbons (Fsp3) is 0.0526. The molecule has 4 rings (SSSR count). The molecule has 2 nitrogen and oxygen atoms in total. The predicted molar refractivity (Wildman–Crippen MR) is 86.7 cm³/mol. The van der Waals surface area contributed by atoms with Crippen LogP contribution in [0.2, 0.25) is 0 Å². The molecule has 0 aromatic heterocycles. The lowest BCUT2D eigenvalue weighted by Crippen LogP contribution is -1.95. The topological polar surface area (TPSA) is 29.5 Å². The zero-order chi connectivity index (χ0) is 14.2. The molecular formula is C19H14O2. The summed E-state index contributed by atoms with van der Waals surface area (Å²) in [6.07, 6.45) is 0. The minimum atomic E-state index is -0.316. The Hall–Kier alpha value is -2.58. The van der Waals surface area contributed by atoms with Crippen LogP contribution in [0, 0.1) is 0 Å². The Morgan fingerprint density at radius 2 is 1.43 bits per heavy atom. The molecule has 0 aliphatic heterocycles. The van der Waals surface area contributed by atoms with E-state index < -0.39 is 0 Å². The van der Waals surface area contributed by atoms with Gasteiger partial charge in [0.05, 0.1) is 0 Å². The van der Waals surface area contributed by atoms with Gasteiger partial charge < -0.3 is 9.84 Å². The molecule has 0 amide bonds. The van der Waals surface area contributed by atoms with Gasteiger partial charge in [0.2, 0.25) is 0 Å². The van der Waals surface area contributed by atoms with Crippen molar-refractivity contribution in [2.75, 3.05) is 6.79 Å². The van der Waals surface area contributed by atoms with E-state index in [-0.39, 0.29) is 6.79 Å². The molecule has 0 aliphatic rings. The van der Waals surface area contributed by atoms with Crippen LogP contribution in [0.1, 0.15) is 0 Å². The molecule has 0 atom stereocenters. The Kier molecular flexibility index (Phi) is 2.76. The van der Waals surface area contributed by atoms with Gasteiger partial charge in [-0.25, -0.2) is 0 Å². The zero-order valence-corrected chi connectivity index (χ0v) is 11.4. The van der Waals surface area contributed by atoms with Crippen molar-refractivity contribution in [3.63, 3.8) is 0 Å². The molecule has 1 N–H and O–H groups in total. The molecule has 0 saturated heterocycles. The first-order chi connectivity index (χ1) is 10.4. The van der Waals surface area contributed by atoms with E-state index in [2.05, 4.69) is 48.5 Å². The van der Waals surface area contributed by atoms with Gasteiger partial charge in [-0.15, -0.1) is 0 Å². The molecule has 2 heteroatoms. The summed E-state index contributed by atoms with van der Waals surface area (Å²) >= 11 is 0. The Balaban J connectivity index is 2.18. The Bertz CT molecular complexity index is 957. The van der Waals surface area contributed by atoms with Crippen molar-refractivity contribution in [3.8, 4) is 5.75 Å².